The highest BCUT2D eigenvalue weighted by atomic mass is 79.9. The number of amides is 1. The zero-order valence-corrected chi connectivity index (χ0v) is 7.13. The summed E-state index contributed by atoms with van der Waals surface area (Å²) in [5.74, 6) is -0.0823. The molecule has 0 aromatic heterocycles. The van der Waals surface area contributed by atoms with E-state index in [4.69, 9.17) is 5.11 Å². The molecule has 2 N–H and O–H groups in total. The molecule has 1 rings (SSSR count). The van der Waals surface area contributed by atoms with Crippen molar-refractivity contribution in [3.63, 3.8) is 0 Å². The van der Waals surface area contributed by atoms with Gasteiger partial charge >= 0.3 is 0 Å². The predicted octanol–water partition coefficient (Wildman–Crippen LogP) is 1.43. The van der Waals surface area contributed by atoms with Gasteiger partial charge in [0.1, 0.15) is 5.75 Å². The number of carbonyl (C=O) groups is 1. The van der Waals surface area contributed by atoms with E-state index < -0.39 is 0 Å². The zero-order chi connectivity index (χ0) is 8.27. The van der Waals surface area contributed by atoms with Gasteiger partial charge in [-0.3, -0.25) is 9.14 Å². The maximum Gasteiger partial charge on any atom is 0.261 e. The van der Waals surface area contributed by atoms with Crippen LogP contribution in [0.15, 0.2) is 24.3 Å². The molecule has 0 heterocycles. The first-order valence-electron chi connectivity index (χ1n) is 2.94. The molecular formula is C7H6BrNO2. The van der Waals surface area contributed by atoms with E-state index in [0.29, 0.717) is 5.56 Å². The fourth-order valence-electron chi connectivity index (χ4n) is 0.667. The number of hydrogen-bond acceptors (Lipinski definition) is 2. The van der Waals surface area contributed by atoms with Crippen molar-refractivity contribution < 1.29 is 9.90 Å². The van der Waals surface area contributed by atoms with Crippen molar-refractivity contribution >= 4 is 22.1 Å². The Balaban J connectivity index is 2.90. The second-order valence-corrected chi connectivity index (χ2v) is 2.37. The average molecular weight is 216 g/mol. The molecule has 1 aromatic carbocycles. The number of phenolic OH excluding ortho intramolecular Hbond substituents is 1. The Bertz CT molecular complexity index is 258. The Hall–Kier alpha value is -1.03. The summed E-state index contributed by atoms with van der Waals surface area (Å²) in [4.78, 5) is 10.9. The van der Waals surface area contributed by atoms with E-state index in [9.17, 15) is 4.79 Å². The number of nitrogens with one attached hydrogen (secondary N) is 1. The molecule has 0 bridgehead atoms. The fourth-order valence-corrected chi connectivity index (χ4v) is 0.896. The number of carbonyl (C=O) groups excluding carboxylic acids is 1. The summed E-state index contributed by atoms with van der Waals surface area (Å²) >= 11 is 2.81. The number of aromatic hydroxyl groups is 1. The molecule has 0 saturated heterocycles. The quantitative estimate of drug-likeness (QED) is 0.697. The highest BCUT2D eigenvalue weighted by molar-refractivity contribution is 9.08. The molecular weight excluding hydrogens is 210 g/mol. The smallest absolute Gasteiger partial charge is 0.261 e. The van der Waals surface area contributed by atoms with Gasteiger partial charge < -0.3 is 5.11 Å². The van der Waals surface area contributed by atoms with Gasteiger partial charge in [0.2, 0.25) is 0 Å². The number of phenols is 1. The van der Waals surface area contributed by atoms with Crippen LogP contribution >= 0.6 is 16.1 Å². The molecule has 4 heteroatoms. The summed E-state index contributed by atoms with van der Waals surface area (Å²) < 4.78 is 2.29. The van der Waals surface area contributed by atoms with Crippen LogP contribution in [0.1, 0.15) is 10.4 Å². The van der Waals surface area contributed by atoms with Crippen LogP contribution in [0.25, 0.3) is 0 Å². The van der Waals surface area contributed by atoms with Crippen molar-refractivity contribution in [2.45, 2.75) is 0 Å². The Morgan fingerprint density at radius 1 is 1.36 bits per heavy atom. The van der Waals surface area contributed by atoms with Gasteiger partial charge in [-0.15, -0.1) is 0 Å². The highest BCUT2D eigenvalue weighted by Gasteiger charge is 2.01. The largest absolute Gasteiger partial charge is 0.508 e. The van der Waals surface area contributed by atoms with Crippen LogP contribution in [-0.2, 0) is 0 Å². The molecule has 0 saturated carbocycles. The summed E-state index contributed by atoms with van der Waals surface area (Å²) in [5.41, 5.74) is 0.500. The third kappa shape index (κ3) is 1.94. The number of rotatable bonds is 1. The number of benzene rings is 1. The lowest BCUT2D eigenvalue weighted by Gasteiger charge is -1.96. The summed E-state index contributed by atoms with van der Waals surface area (Å²) in [6.07, 6.45) is 0. The van der Waals surface area contributed by atoms with Crippen LogP contribution in [0.2, 0.25) is 0 Å². The Kier molecular flexibility index (Phi) is 2.48. The van der Waals surface area contributed by atoms with Crippen LogP contribution < -0.4 is 4.34 Å². The molecule has 1 amide bonds. The standard InChI is InChI=1S/C7H6BrNO2/c8-9-7(11)5-1-3-6(10)4-2-5/h1-4,10H,(H,9,11). The van der Waals surface area contributed by atoms with E-state index in [1.54, 1.807) is 0 Å². The lowest BCUT2D eigenvalue weighted by molar-refractivity contribution is 0.0986. The second kappa shape index (κ2) is 3.39. The maximum absolute atomic E-state index is 10.9. The van der Waals surface area contributed by atoms with E-state index in [-0.39, 0.29) is 11.7 Å². The third-order valence-corrected chi connectivity index (χ3v) is 1.58. The number of halogens is 1. The van der Waals surface area contributed by atoms with Gasteiger partial charge in [-0.2, -0.15) is 0 Å². The summed E-state index contributed by atoms with van der Waals surface area (Å²) in [6.45, 7) is 0. The van der Waals surface area contributed by atoms with Crippen LogP contribution in [0.3, 0.4) is 0 Å². The molecule has 0 aliphatic carbocycles. The molecule has 3 nitrogen and oxygen atoms in total. The van der Waals surface area contributed by atoms with Gasteiger partial charge in [0, 0.05) is 21.7 Å². The Morgan fingerprint density at radius 2 is 1.91 bits per heavy atom. The van der Waals surface area contributed by atoms with Gasteiger partial charge in [-0.05, 0) is 24.3 Å². The average Bonchev–Trinajstić information content (AvgIpc) is 2.05. The molecule has 11 heavy (non-hydrogen) atoms. The lowest BCUT2D eigenvalue weighted by Crippen LogP contribution is -2.10. The highest BCUT2D eigenvalue weighted by Crippen LogP contribution is 2.09. The molecule has 58 valence electrons. The van der Waals surface area contributed by atoms with Crippen LogP contribution in [0.4, 0.5) is 0 Å². The minimum atomic E-state index is -0.231. The van der Waals surface area contributed by atoms with Gasteiger partial charge in [-0.25, -0.2) is 0 Å². The minimum Gasteiger partial charge on any atom is -0.508 e. The third-order valence-electron chi connectivity index (χ3n) is 1.22. The number of hydrogen-bond donors (Lipinski definition) is 2. The monoisotopic (exact) mass is 215 g/mol. The zero-order valence-electron chi connectivity index (χ0n) is 5.54. The van der Waals surface area contributed by atoms with E-state index >= 15 is 0 Å². The first-order valence-corrected chi connectivity index (χ1v) is 3.73. The minimum absolute atomic E-state index is 0.149. The van der Waals surface area contributed by atoms with E-state index in [2.05, 4.69) is 20.5 Å². The first kappa shape index (κ1) is 8.07. The first-order chi connectivity index (χ1) is 5.24. The van der Waals surface area contributed by atoms with Crippen molar-refractivity contribution in [2.75, 3.05) is 0 Å². The fraction of sp³-hybridized carbons (Fsp3) is 0. The molecule has 0 radical (unpaired) electrons. The second-order valence-electron chi connectivity index (χ2n) is 1.97. The van der Waals surface area contributed by atoms with Gasteiger partial charge in [-0.1, -0.05) is 0 Å². The molecule has 0 aliphatic heterocycles. The molecule has 0 aliphatic rings. The summed E-state index contributed by atoms with van der Waals surface area (Å²) in [6, 6.07) is 5.98. The van der Waals surface area contributed by atoms with Crippen molar-refractivity contribution in [3.05, 3.63) is 29.8 Å². The van der Waals surface area contributed by atoms with Gasteiger partial charge in [0.05, 0.1) is 0 Å². The van der Waals surface area contributed by atoms with Crippen molar-refractivity contribution in [1.82, 2.24) is 4.34 Å². The van der Waals surface area contributed by atoms with Crippen LogP contribution in [0, 0.1) is 0 Å². The van der Waals surface area contributed by atoms with Crippen LogP contribution in [-0.4, -0.2) is 11.0 Å². The summed E-state index contributed by atoms with van der Waals surface area (Å²) in [5, 5.41) is 8.87. The topological polar surface area (TPSA) is 49.3 Å². The Morgan fingerprint density at radius 3 is 2.36 bits per heavy atom. The lowest BCUT2D eigenvalue weighted by atomic mass is 10.2. The van der Waals surface area contributed by atoms with Crippen LogP contribution in [0.5, 0.6) is 5.75 Å². The molecule has 0 fully saturated rings. The molecule has 0 unspecified atom stereocenters. The van der Waals surface area contributed by atoms with E-state index in [1.165, 1.54) is 24.3 Å². The van der Waals surface area contributed by atoms with E-state index in [0.717, 1.165) is 0 Å². The van der Waals surface area contributed by atoms with Crippen molar-refractivity contribution in [3.8, 4) is 5.75 Å². The van der Waals surface area contributed by atoms with E-state index in [1.807, 2.05) is 0 Å². The SMILES string of the molecule is O=C(NBr)c1ccc(O)cc1. The van der Waals surface area contributed by atoms with Crippen molar-refractivity contribution in [1.29, 1.82) is 0 Å². The molecule has 0 atom stereocenters. The van der Waals surface area contributed by atoms with Crippen molar-refractivity contribution in [2.24, 2.45) is 0 Å². The normalized spacial score (nSPS) is 9.18. The predicted molar refractivity (Wildman–Crippen MR) is 44.5 cm³/mol. The van der Waals surface area contributed by atoms with Gasteiger partial charge in [0.25, 0.3) is 5.91 Å². The Labute approximate surface area is 72.4 Å². The maximum atomic E-state index is 10.9. The summed E-state index contributed by atoms with van der Waals surface area (Å²) in [7, 11) is 0. The molecule has 0 spiro atoms. The molecule has 1 aromatic rings. The van der Waals surface area contributed by atoms with Gasteiger partial charge in [0.15, 0.2) is 0 Å².